The van der Waals surface area contributed by atoms with Crippen LogP contribution in [0.1, 0.15) is 43.5 Å². The highest BCUT2D eigenvalue weighted by molar-refractivity contribution is 6.37. The van der Waals surface area contributed by atoms with Gasteiger partial charge in [-0.2, -0.15) is 0 Å². The van der Waals surface area contributed by atoms with Gasteiger partial charge in [0.2, 0.25) is 29.0 Å². The van der Waals surface area contributed by atoms with Crippen LogP contribution in [0.2, 0.25) is 5.02 Å². The molecule has 2 fully saturated rings. The average Bonchev–Trinajstić information content (AvgIpc) is 3.42. The summed E-state index contributed by atoms with van der Waals surface area (Å²) in [7, 11) is 0. The molecule has 6 rings (SSSR count). The van der Waals surface area contributed by atoms with Crippen LogP contribution in [0.4, 0.5) is 5.69 Å². The van der Waals surface area contributed by atoms with Crippen molar-refractivity contribution in [3.8, 4) is 0 Å². The van der Waals surface area contributed by atoms with Gasteiger partial charge in [-0.3, -0.25) is 19.2 Å². The van der Waals surface area contributed by atoms with Crippen molar-refractivity contribution in [3.05, 3.63) is 99.6 Å². The number of rotatable bonds is 2. The standard InChI is InChI=1S/C28H20ClNO5/c1-14-10-12-16(13-11-14)23-21-22(27(34)30(26(21)33)20-9-5-8-19(29)15(20)2)28(35-23)24(31)17-6-3-4-7-18(17)25(28)32/h3-13,21-23H,1-2H3/t21-,22+,23+/m1/s1. The molecule has 2 aliphatic heterocycles. The third kappa shape index (κ3) is 2.75. The van der Waals surface area contributed by atoms with E-state index in [2.05, 4.69) is 0 Å². The number of aryl methyl sites for hydroxylation is 1. The van der Waals surface area contributed by atoms with Crippen LogP contribution in [0.15, 0.2) is 66.7 Å². The maximum atomic E-state index is 14.0. The molecule has 0 bridgehead atoms. The quantitative estimate of drug-likeness (QED) is 0.390. The maximum absolute atomic E-state index is 14.0. The van der Waals surface area contributed by atoms with Crippen molar-refractivity contribution in [1.82, 2.24) is 0 Å². The second kappa shape index (κ2) is 7.44. The first kappa shape index (κ1) is 21.9. The van der Waals surface area contributed by atoms with Crippen LogP contribution in [0, 0.1) is 25.7 Å². The number of fused-ring (bicyclic) bond motifs is 3. The number of ketones is 2. The fourth-order valence-electron chi connectivity index (χ4n) is 5.65. The molecule has 35 heavy (non-hydrogen) atoms. The van der Waals surface area contributed by atoms with Crippen LogP contribution in [0.25, 0.3) is 0 Å². The largest absolute Gasteiger partial charge is 0.349 e. The number of Topliss-reactive ketones (excluding diaryl/α,β-unsaturated/α-hetero) is 2. The fraction of sp³-hybridized carbons (Fsp3) is 0.214. The lowest BCUT2D eigenvalue weighted by Gasteiger charge is -2.28. The summed E-state index contributed by atoms with van der Waals surface area (Å²) < 4.78 is 6.30. The number of carbonyl (C=O) groups excluding carboxylic acids is 4. The van der Waals surface area contributed by atoms with Gasteiger partial charge in [0.15, 0.2) is 0 Å². The lowest BCUT2D eigenvalue weighted by molar-refractivity contribution is -0.127. The molecule has 2 amide bonds. The van der Waals surface area contributed by atoms with Gasteiger partial charge in [0.05, 0.1) is 23.6 Å². The van der Waals surface area contributed by atoms with E-state index in [1.165, 1.54) is 0 Å². The minimum absolute atomic E-state index is 0.207. The number of amides is 2. The Hall–Kier alpha value is -3.61. The van der Waals surface area contributed by atoms with Crippen LogP contribution in [0.5, 0.6) is 0 Å². The van der Waals surface area contributed by atoms with Crippen molar-refractivity contribution >= 4 is 40.7 Å². The van der Waals surface area contributed by atoms with Crippen LogP contribution < -0.4 is 4.90 Å². The van der Waals surface area contributed by atoms with E-state index in [1.54, 1.807) is 61.5 Å². The van der Waals surface area contributed by atoms with Gasteiger partial charge in [-0.15, -0.1) is 0 Å². The van der Waals surface area contributed by atoms with Crippen molar-refractivity contribution in [3.63, 3.8) is 0 Å². The molecule has 1 spiro atoms. The Kier molecular flexibility index (Phi) is 4.66. The molecular formula is C28H20ClNO5. The summed E-state index contributed by atoms with van der Waals surface area (Å²) >= 11 is 6.29. The van der Waals surface area contributed by atoms with Crippen molar-refractivity contribution in [2.45, 2.75) is 25.6 Å². The zero-order chi connectivity index (χ0) is 24.6. The van der Waals surface area contributed by atoms with E-state index in [-0.39, 0.29) is 11.1 Å². The number of anilines is 1. The number of ether oxygens (including phenoxy) is 1. The van der Waals surface area contributed by atoms with Gasteiger partial charge in [0, 0.05) is 16.1 Å². The van der Waals surface area contributed by atoms with Crippen LogP contribution in [-0.4, -0.2) is 29.0 Å². The molecule has 174 valence electrons. The number of halogens is 1. The van der Waals surface area contributed by atoms with Gasteiger partial charge in [0.25, 0.3) is 0 Å². The molecule has 3 aliphatic rings. The highest BCUT2D eigenvalue weighted by Gasteiger charge is 2.74. The zero-order valence-electron chi connectivity index (χ0n) is 18.9. The van der Waals surface area contributed by atoms with Gasteiger partial charge < -0.3 is 4.74 Å². The van der Waals surface area contributed by atoms with Gasteiger partial charge in [0.1, 0.15) is 0 Å². The van der Waals surface area contributed by atoms with E-state index in [4.69, 9.17) is 16.3 Å². The van der Waals surface area contributed by atoms with Crippen LogP contribution >= 0.6 is 11.6 Å². The van der Waals surface area contributed by atoms with E-state index < -0.39 is 46.9 Å². The fourth-order valence-corrected chi connectivity index (χ4v) is 5.82. The summed E-state index contributed by atoms with van der Waals surface area (Å²) in [6.07, 6.45) is -0.941. The molecule has 7 heteroatoms. The molecule has 3 atom stereocenters. The topological polar surface area (TPSA) is 80.8 Å². The molecule has 2 heterocycles. The number of imide groups is 1. The van der Waals surface area contributed by atoms with Crippen LogP contribution in [0.3, 0.4) is 0 Å². The normalized spacial score (nSPS) is 24.4. The minimum atomic E-state index is -2.09. The summed E-state index contributed by atoms with van der Waals surface area (Å²) in [5.74, 6) is -4.61. The molecule has 2 saturated heterocycles. The monoisotopic (exact) mass is 485 g/mol. The van der Waals surface area contributed by atoms with E-state index in [1.807, 2.05) is 19.1 Å². The minimum Gasteiger partial charge on any atom is -0.349 e. The maximum Gasteiger partial charge on any atom is 0.241 e. The molecular weight excluding hydrogens is 466 g/mol. The second-order valence-corrected chi connectivity index (χ2v) is 9.70. The van der Waals surface area contributed by atoms with E-state index in [0.717, 1.165) is 10.5 Å². The molecule has 1 aliphatic carbocycles. The molecule has 0 saturated carbocycles. The van der Waals surface area contributed by atoms with Crippen molar-refractivity contribution in [2.75, 3.05) is 4.90 Å². The smallest absolute Gasteiger partial charge is 0.241 e. The Balaban J connectivity index is 1.56. The predicted octanol–water partition coefficient (Wildman–Crippen LogP) is 4.65. The van der Waals surface area contributed by atoms with E-state index in [0.29, 0.717) is 21.8 Å². The third-order valence-corrected chi connectivity index (χ3v) is 7.81. The number of hydrogen-bond donors (Lipinski definition) is 0. The summed E-state index contributed by atoms with van der Waals surface area (Å²) in [5.41, 5.74) is 0.864. The van der Waals surface area contributed by atoms with Gasteiger partial charge >= 0.3 is 0 Å². The Morgan fingerprint density at radius 1 is 0.800 bits per heavy atom. The number of benzene rings is 3. The van der Waals surface area contributed by atoms with Crippen molar-refractivity contribution in [2.24, 2.45) is 11.8 Å². The summed E-state index contributed by atoms with van der Waals surface area (Å²) in [6, 6.07) is 18.8. The molecule has 3 aromatic rings. The Morgan fingerprint density at radius 2 is 1.43 bits per heavy atom. The second-order valence-electron chi connectivity index (χ2n) is 9.29. The number of nitrogens with zero attached hydrogens (tertiary/aromatic N) is 1. The molecule has 0 N–H and O–H groups in total. The van der Waals surface area contributed by atoms with Gasteiger partial charge in [-0.05, 0) is 37.1 Å². The SMILES string of the molecule is Cc1ccc([C@@H]2OC3(C(=O)c4ccccc4C3=O)[C@@H]3C(=O)N(c4cccc(Cl)c4C)C(=O)[C@H]32)cc1. The molecule has 0 radical (unpaired) electrons. The average molecular weight is 486 g/mol. The van der Waals surface area contributed by atoms with E-state index in [9.17, 15) is 19.2 Å². The van der Waals surface area contributed by atoms with Gasteiger partial charge in [-0.1, -0.05) is 71.8 Å². The summed E-state index contributed by atoms with van der Waals surface area (Å²) in [4.78, 5) is 56.5. The third-order valence-electron chi connectivity index (χ3n) is 7.40. The lowest BCUT2D eigenvalue weighted by Crippen LogP contribution is -2.51. The Bertz CT molecular complexity index is 1430. The molecule has 0 aromatic heterocycles. The van der Waals surface area contributed by atoms with E-state index >= 15 is 0 Å². The number of carbonyl (C=O) groups is 4. The predicted molar refractivity (Wildman–Crippen MR) is 129 cm³/mol. The highest BCUT2D eigenvalue weighted by Crippen LogP contribution is 2.58. The Labute approximate surface area is 206 Å². The molecule has 0 unspecified atom stereocenters. The first-order valence-electron chi connectivity index (χ1n) is 11.3. The van der Waals surface area contributed by atoms with Gasteiger partial charge in [-0.25, -0.2) is 4.90 Å². The summed E-state index contributed by atoms with van der Waals surface area (Å²) in [6.45, 7) is 3.65. The zero-order valence-corrected chi connectivity index (χ0v) is 19.7. The Morgan fingerprint density at radius 3 is 2.06 bits per heavy atom. The first-order chi connectivity index (χ1) is 16.8. The van der Waals surface area contributed by atoms with Crippen LogP contribution in [-0.2, 0) is 14.3 Å². The summed E-state index contributed by atoms with van der Waals surface area (Å²) in [5, 5.41) is 0.404. The first-order valence-corrected chi connectivity index (χ1v) is 11.7. The lowest BCUT2D eigenvalue weighted by atomic mass is 9.77. The van der Waals surface area contributed by atoms with Crippen molar-refractivity contribution < 1.29 is 23.9 Å². The highest BCUT2D eigenvalue weighted by atomic mass is 35.5. The van der Waals surface area contributed by atoms with Crippen molar-refractivity contribution in [1.29, 1.82) is 0 Å². The number of hydrogen-bond acceptors (Lipinski definition) is 5. The molecule has 6 nitrogen and oxygen atoms in total. The molecule has 3 aromatic carbocycles.